The van der Waals surface area contributed by atoms with E-state index in [0.717, 1.165) is 0 Å². The van der Waals surface area contributed by atoms with E-state index in [4.69, 9.17) is 15.3 Å². The Bertz CT molecular complexity index is 33.8. The minimum atomic E-state index is -1.75. The van der Waals surface area contributed by atoms with Crippen molar-refractivity contribution < 1.29 is 56.5 Å². The van der Waals surface area contributed by atoms with Gasteiger partial charge in [0, 0.05) is 0 Å². The number of hydrogen-bond acceptors (Lipinski definition) is 3. The van der Waals surface area contributed by atoms with Gasteiger partial charge in [-0.05, 0) is 0 Å². The van der Waals surface area contributed by atoms with Gasteiger partial charge in [-0.25, -0.2) is 0 Å². The van der Waals surface area contributed by atoms with Gasteiger partial charge < -0.3 is 15.3 Å². The zero-order valence-electron chi connectivity index (χ0n) is 3.08. The van der Waals surface area contributed by atoms with E-state index in [1.165, 1.54) is 0 Å². The maximum Gasteiger partial charge on any atom is 1.00 e. The van der Waals surface area contributed by atoms with E-state index in [-0.39, 0.29) is 63.8 Å². The molecule has 6 heteroatoms. The third-order valence-corrected chi connectivity index (χ3v) is 0. The molecule has 0 aliphatic heterocycles. The summed E-state index contributed by atoms with van der Waals surface area (Å²) in [6, 6.07) is 0. The number of nitrogens with zero attached hydrogens (tertiary/aromatic N) is 1. The Balaban J connectivity index is -0.0000000450. The zero-order valence-corrected chi connectivity index (χ0v) is 7.02. The van der Waals surface area contributed by atoms with Crippen LogP contribution in [0.25, 0.3) is 0 Å². The Morgan fingerprint density at radius 3 is 1.33 bits per heavy atom. The fraction of sp³-hybridized carbons (Fsp3) is 0. The van der Waals surface area contributed by atoms with Gasteiger partial charge in [0.25, 0.3) is 0 Å². The minimum Gasteiger partial charge on any atom is -0.356 e. The van der Waals surface area contributed by atoms with Crippen LogP contribution in [0, 0.1) is 15.3 Å². The molecule has 0 spiro atoms. The second kappa shape index (κ2) is 9.46. The quantitative estimate of drug-likeness (QED) is 0.206. The third kappa shape index (κ3) is 68.8. The molecule has 0 rings (SSSR count). The van der Waals surface area contributed by atoms with Crippen molar-refractivity contribution in [1.29, 1.82) is 0 Å². The van der Waals surface area contributed by atoms with Crippen LogP contribution in [0.3, 0.4) is 0 Å². The molecule has 0 saturated carbocycles. The summed E-state index contributed by atoms with van der Waals surface area (Å²) >= 11 is 0. The number of hydrogen-bond donors (Lipinski definition) is 0. The molecule has 6 heavy (non-hydrogen) atoms. The Kier molecular flexibility index (Phi) is 24.8. The molecule has 0 aliphatic carbocycles. The van der Waals surface area contributed by atoms with Crippen LogP contribution >= 0.6 is 12.4 Å². The van der Waals surface area contributed by atoms with Crippen molar-refractivity contribution in [2.75, 3.05) is 0 Å². The first-order valence-electron chi connectivity index (χ1n) is 0.548. The smallest absolute Gasteiger partial charge is 0.356 e. The molecule has 0 radical (unpaired) electrons. The Hall–Kier alpha value is 1.13. The van der Waals surface area contributed by atoms with Gasteiger partial charge in [-0.2, -0.15) is 0 Å². The van der Waals surface area contributed by atoms with E-state index in [2.05, 4.69) is 0 Å². The second-order valence-electron chi connectivity index (χ2n) is 0.224. The standard InChI is InChI=1S/ClH.K.NO3/c;;2-1(3)4/h1H;;/q;+1;-1. The molecule has 0 fully saturated rings. The first kappa shape index (κ1) is 15.7. The molecular weight excluding hydrogens is 137 g/mol. The molecule has 0 atom stereocenters. The van der Waals surface area contributed by atoms with E-state index < -0.39 is 5.09 Å². The van der Waals surface area contributed by atoms with E-state index in [0.29, 0.717) is 0 Å². The third-order valence-electron chi connectivity index (χ3n) is 0. The zero-order chi connectivity index (χ0) is 3.58. The van der Waals surface area contributed by atoms with Crippen molar-refractivity contribution in [3.63, 3.8) is 0 Å². The van der Waals surface area contributed by atoms with Crippen molar-refractivity contribution in [2.24, 2.45) is 0 Å². The predicted molar refractivity (Wildman–Crippen MR) is 17.6 cm³/mol. The topological polar surface area (TPSA) is 66.2 Å². The average molecular weight is 138 g/mol. The molecule has 0 heterocycles. The van der Waals surface area contributed by atoms with Crippen LogP contribution in [-0.2, 0) is 0 Å². The normalized spacial score (nSPS) is 4.00. The van der Waals surface area contributed by atoms with E-state index >= 15 is 0 Å². The Morgan fingerprint density at radius 1 is 1.33 bits per heavy atom. The van der Waals surface area contributed by atoms with Crippen molar-refractivity contribution in [2.45, 2.75) is 0 Å². The summed E-state index contributed by atoms with van der Waals surface area (Å²) in [5.41, 5.74) is 0. The Morgan fingerprint density at radius 2 is 1.33 bits per heavy atom. The molecule has 4 nitrogen and oxygen atoms in total. The summed E-state index contributed by atoms with van der Waals surface area (Å²) in [5, 5.41) is 14.8. The molecule has 0 bridgehead atoms. The molecule has 0 saturated heterocycles. The average Bonchev–Trinajstić information content (AvgIpc) is 0.811. The molecule has 0 N–H and O–H groups in total. The predicted octanol–water partition coefficient (Wildman–Crippen LogP) is -2.81. The summed E-state index contributed by atoms with van der Waals surface area (Å²) in [4.78, 5) is 8.25. The largest absolute Gasteiger partial charge is 1.00 e. The fourth-order valence-electron chi connectivity index (χ4n) is 0. The fourth-order valence-corrected chi connectivity index (χ4v) is 0. The van der Waals surface area contributed by atoms with Crippen LogP contribution in [-0.4, -0.2) is 5.09 Å². The van der Waals surface area contributed by atoms with E-state index in [1.54, 1.807) is 0 Å². The maximum absolute atomic E-state index is 8.25. The first-order chi connectivity index (χ1) is 1.73. The minimum absolute atomic E-state index is 0. The maximum atomic E-state index is 8.25. The molecule has 0 aromatic rings. The summed E-state index contributed by atoms with van der Waals surface area (Å²) in [6.07, 6.45) is 0. The van der Waals surface area contributed by atoms with Gasteiger partial charge in [-0.15, -0.1) is 12.4 Å². The van der Waals surface area contributed by atoms with Gasteiger partial charge in [0.2, 0.25) is 0 Å². The molecule has 0 unspecified atom stereocenters. The number of rotatable bonds is 0. The van der Waals surface area contributed by atoms with Crippen LogP contribution in [0.4, 0.5) is 0 Å². The van der Waals surface area contributed by atoms with Gasteiger partial charge in [0.1, 0.15) is 0 Å². The van der Waals surface area contributed by atoms with Gasteiger partial charge in [0.05, 0.1) is 5.09 Å². The van der Waals surface area contributed by atoms with E-state index in [1.807, 2.05) is 0 Å². The SMILES string of the molecule is Cl.O=[N+]([O-])[O-].[K+]. The van der Waals surface area contributed by atoms with Gasteiger partial charge >= 0.3 is 51.4 Å². The van der Waals surface area contributed by atoms with Crippen molar-refractivity contribution in [3.8, 4) is 0 Å². The molecule has 0 aromatic heterocycles. The molecule has 0 amide bonds. The van der Waals surface area contributed by atoms with Crippen LogP contribution in [0.5, 0.6) is 0 Å². The summed E-state index contributed by atoms with van der Waals surface area (Å²) < 4.78 is 0. The van der Waals surface area contributed by atoms with Gasteiger partial charge in [0.15, 0.2) is 0 Å². The van der Waals surface area contributed by atoms with Crippen LogP contribution < -0.4 is 51.4 Å². The summed E-state index contributed by atoms with van der Waals surface area (Å²) in [7, 11) is 0. The molecule has 0 aromatic carbocycles. The Labute approximate surface area is 82.9 Å². The van der Waals surface area contributed by atoms with Gasteiger partial charge in [-0.3, -0.25) is 0 Å². The van der Waals surface area contributed by atoms with Gasteiger partial charge in [-0.1, -0.05) is 0 Å². The molecular formula is HClKNO3. The van der Waals surface area contributed by atoms with Crippen LogP contribution in [0.1, 0.15) is 0 Å². The first-order valence-corrected chi connectivity index (χ1v) is 0.548. The summed E-state index contributed by atoms with van der Waals surface area (Å²) in [5.74, 6) is 0. The second-order valence-corrected chi connectivity index (χ2v) is 0.224. The summed E-state index contributed by atoms with van der Waals surface area (Å²) in [6.45, 7) is 0. The van der Waals surface area contributed by atoms with Crippen molar-refractivity contribution >= 4 is 12.4 Å². The number of halogens is 1. The van der Waals surface area contributed by atoms with Crippen molar-refractivity contribution in [3.05, 3.63) is 15.3 Å². The molecule has 0 aliphatic rings. The van der Waals surface area contributed by atoms with Crippen LogP contribution in [0.2, 0.25) is 0 Å². The van der Waals surface area contributed by atoms with Crippen LogP contribution in [0.15, 0.2) is 0 Å². The molecule has 32 valence electrons. The van der Waals surface area contributed by atoms with E-state index in [9.17, 15) is 0 Å². The monoisotopic (exact) mass is 137 g/mol. The van der Waals surface area contributed by atoms with Crippen molar-refractivity contribution in [1.82, 2.24) is 0 Å².